The van der Waals surface area contributed by atoms with Crippen molar-refractivity contribution >= 4 is 22.3 Å². The summed E-state index contributed by atoms with van der Waals surface area (Å²) in [7, 11) is 1.60. The predicted molar refractivity (Wildman–Crippen MR) is 84.8 cm³/mol. The molecule has 112 valence electrons. The van der Waals surface area contributed by atoms with Crippen molar-refractivity contribution in [2.24, 2.45) is 5.84 Å². The van der Waals surface area contributed by atoms with E-state index >= 15 is 0 Å². The Kier molecular flexibility index (Phi) is 4.82. The minimum absolute atomic E-state index is 0.309. The second-order valence-corrected chi connectivity index (χ2v) is 5.30. The largest absolute Gasteiger partial charge is 0.496 e. The summed E-state index contributed by atoms with van der Waals surface area (Å²) in [5.74, 6) is 5.80. The molecule has 0 radical (unpaired) electrons. The highest BCUT2D eigenvalue weighted by atomic mass is 32.1. The van der Waals surface area contributed by atoms with Crippen LogP contribution in [0.25, 0.3) is 11.1 Å². The van der Waals surface area contributed by atoms with Crippen LogP contribution in [0.1, 0.15) is 22.8 Å². The van der Waals surface area contributed by atoms with Gasteiger partial charge in [0.05, 0.1) is 13.7 Å². The highest BCUT2D eigenvalue weighted by Crippen LogP contribution is 2.40. The molecule has 0 aliphatic heterocycles. The Balaban J connectivity index is 2.61. The van der Waals surface area contributed by atoms with Gasteiger partial charge in [0.15, 0.2) is 0 Å². The van der Waals surface area contributed by atoms with Crippen LogP contribution in [0.15, 0.2) is 23.6 Å². The van der Waals surface area contributed by atoms with Crippen LogP contribution < -0.4 is 16.0 Å². The third-order valence-corrected chi connectivity index (χ3v) is 3.96. The lowest BCUT2D eigenvalue weighted by Crippen LogP contribution is -2.12. The second-order valence-electron chi connectivity index (χ2n) is 4.42. The topological polar surface area (TPSA) is 73.6 Å². The Bertz CT molecular complexity index is 652. The summed E-state index contributed by atoms with van der Waals surface area (Å²) < 4.78 is 10.5. The fourth-order valence-corrected chi connectivity index (χ4v) is 2.96. The van der Waals surface area contributed by atoms with Gasteiger partial charge in [-0.15, -0.1) is 11.3 Å². The fraction of sp³-hybridized carbons (Fsp3) is 0.267. The van der Waals surface area contributed by atoms with E-state index in [4.69, 9.17) is 15.3 Å². The monoisotopic (exact) mass is 306 g/mol. The third kappa shape index (κ3) is 3.01. The number of benzene rings is 1. The Morgan fingerprint density at radius 1 is 1.38 bits per heavy atom. The van der Waals surface area contributed by atoms with E-state index in [9.17, 15) is 4.79 Å². The number of hydrogen-bond donors (Lipinski definition) is 2. The van der Waals surface area contributed by atoms with Gasteiger partial charge in [0.1, 0.15) is 16.3 Å². The van der Waals surface area contributed by atoms with Crippen molar-refractivity contribution in [3.63, 3.8) is 0 Å². The molecule has 1 heterocycles. The number of esters is 1. The number of carbonyl (C=O) groups is 1. The molecule has 3 N–H and O–H groups in total. The average molecular weight is 306 g/mol. The first kappa shape index (κ1) is 15.3. The minimum atomic E-state index is -0.398. The Morgan fingerprint density at radius 2 is 2.14 bits per heavy atom. The van der Waals surface area contributed by atoms with Crippen molar-refractivity contribution in [2.45, 2.75) is 13.8 Å². The summed E-state index contributed by atoms with van der Waals surface area (Å²) >= 11 is 1.36. The zero-order valence-electron chi connectivity index (χ0n) is 12.2. The number of methoxy groups -OCH3 is 1. The number of nitrogen functional groups attached to an aromatic ring is 1. The number of rotatable bonds is 5. The molecule has 2 aromatic rings. The zero-order chi connectivity index (χ0) is 15.4. The van der Waals surface area contributed by atoms with Crippen molar-refractivity contribution in [3.8, 4) is 16.9 Å². The first-order valence-electron chi connectivity index (χ1n) is 6.52. The van der Waals surface area contributed by atoms with Crippen LogP contribution in [0.4, 0.5) is 5.00 Å². The van der Waals surface area contributed by atoms with E-state index in [0.717, 1.165) is 16.7 Å². The van der Waals surface area contributed by atoms with Crippen LogP contribution in [0.3, 0.4) is 0 Å². The van der Waals surface area contributed by atoms with Crippen LogP contribution in [-0.4, -0.2) is 19.7 Å². The Morgan fingerprint density at radius 3 is 2.76 bits per heavy atom. The first-order valence-corrected chi connectivity index (χ1v) is 7.40. The molecule has 1 aromatic heterocycles. The molecule has 2 rings (SSSR count). The summed E-state index contributed by atoms with van der Waals surface area (Å²) in [4.78, 5) is 12.2. The smallest absolute Gasteiger partial charge is 0.341 e. The first-order chi connectivity index (χ1) is 10.1. The molecule has 0 spiro atoms. The highest BCUT2D eigenvalue weighted by molar-refractivity contribution is 7.15. The van der Waals surface area contributed by atoms with E-state index in [0.29, 0.717) is 22.9 Å². The van der Waals surface area contributed by atoms with Gasteiger partial charge in [-0.3, -0.25) is 0 Å². The number of anilines is 1. The summed E-state index contributed by atoms with van der Waals surface area (Å²) in [6.07, 6.45) is 0. The summed E-state index contributed by atoms with van der Waals surface area (Å²) in [5, 5.41) is 2.45. The van der Waals surface area contributed by atoms with Gasteiger partial charge in [0.25, 0.3) is 0 Å². The number of nitrogens with one attached hydrogen (secondary N) is 1. The Hall–Kier alpha value is -2.05. The summed E-state index contributed by atoms with van der Waals surface area (Å²) in [6, 6.07) is 5.82. The molecule has 0 aliphatic rings. The van der Waals surface area contributed by atoms with Crippen molar-refractivity contribution in [1.82, 2.24) is 0 Å². The van der Waals surface area contributed by atoms with Gasteiger partial charge in [-0.05, 0) is 26.0 Å². The molecule has 6 heteroatoms. The minimum Gasteiger partial charge on any atom is -0.496 e. The van der Waals surface area contributed by atoms with Crippen molar-refractivity contribution in [3.05, 3.63) is 34.7 Å². The molecule has 0 fully saturated rings. The SMILES string of the molecule is CCOC(=O)c1c(-c2cc(C)ccc2OC)csc1NN. The zero-order valence-corrected chi connectivity index (χ0v) is 13.0. The molecule has 1 aromatic carbocycles. The lowest BCUT2D eigenvalue weighted by atomic mass is 10.0. The van der Waals surface area contributed by atoms with E-state index in [-0.39, 0.29) is 0 Å². The van der Waals surface area contributed by atoms with Gasteiger partial charge in [-0.25, -0.2) is 10.6 Å². The highest BCUT2D eigenvalue weighted by Gasteiger charge is 2.23. The molecular weight excluding hydrogens is 288 g/mol. The lowest BCUT2D eigenvalue weighted by Gasteiger charge is -2.11. The van der Waals surface area contributed by atoms with Gasteiger partial charge in [0.2, 0.25) is 0 Å². The van der Waals surface area contributed by atoms with Gasteiger partial charge in [-0.2, -0.15) is 0 Å². The van der Waals surface area contributed by atoms with E-state index in [1.54, 1.807) is 14.0 Å². The second kappa shape index (κ2) is 6.60. The molecule has 0 saturated heterocycles. The number of ether oxygens (including phenoxy) is 2. The lowest BCUT2D eigenvalue weighted by molar-refractivity contribution is 0.0529. The maximum absolute atomic E-state index is 12.2. The molecule has 5 nitrogen and oxygen atoms in total. The van der Waals surface area contributed by atoms with Gasteiger partial charge < -0.3 is 14.9 Å². The molecule has 21 heavy (non-hydrogen) atoms. The van der Waals surface area contributed by atoms with Crippen molar-refractivity contribution < 1.29 is 14.3 Å². The van der Waals surface area contributed by atoms with Gasteiger partial charge in [-0.1, -0.05) is 11.6 Å². The predicted octanol–water partition coefficient (Wildman–Crippen LogP) is 3.19. The molecule has 0 atom stereocenters. The fourth-order valence-electron chi connectivity index (χ4n) is 2.10. The number of nitrogens with two attached hydrogens (primary N) is 1. The van der Waals surface area contributed by atoms with E-state index in [1.807, 2.05) is 30.5 Å². The summed E-state index contributed by atoms with van der Waals surface area (Å²) in [5.41, 5.74) is 5.67. The average Bonchev–Trinajstić information content (AvgIpc) is 2.91. The van der Waals surface area contributed by atoms with Crippen LogP contribution in [-0.2, 0) is 4.74 Å². The number of thiophene rings is 1. The van der Waals surface area contributed by atoms with E-state index in [1.165, 1.54) is 11.3 Å². The molecule has 0 aliphatic carbocycles. The van der Waals surface area contributed by atoms with Crippen LogP contribution in [0.2, 0.25) is 0 Å². The molecule has 0 amide bonds. The van der Waals surface area contributed by atoms with E-state index < -0.39 is 5.97 Å². The van der Waals surface area contributed by atoms with E-state index in [2.05, 4.69) is 5.43 Å². The number of aryl methyl sites for hydroxylation is 1. The molecule has 0 saturated carbocycles. The maximum atomic E-state index is 12.2. The summed E-state index contributed by atoms with van der Waals surface area (Å²) in [6.45, 7) is 4.07. The number of hydrazine groups is 1. The third-order valence-electron chi connectivity index (χ3n) is 3.05. The van der Waals surface area contributed by atoms with Crippen molar-refractivity contribution in [2.75, 3.05) is 19.1 Å². The molecule has 0 bridgehead atoms. The number of hydrogen-bond acceptors (Lipinski definition) is 6. The normalized spacial score (nSPS) is 10.3. The van der Waals surface area contributed by atoms with Crippen LogP contribution >= 0.6 is 11.3 Å². The molecular formula is C15H18N2O3S. The van der Waals surface area contributed by atoms with Gasteiger partial charge in [0, 0.05) is 16.5 Å². The van der Waals surface area contributed by atoms with Crippen molar-refractivity contribution in [1.29, 1.82) is 0 Å². The van der Waals surface area contributed by atoms with Crippen LogP contribution in [0, 0.1) is 6.92 Å². The Labute approximate surface area is 127 Å². The van der Waals surface area contributed by atoms with Crippen LogP contribution in [0.5, 0.6) is 5.75 Å². The molecule has 0 unspecified atom stereocenters. The quantitative estimate of drug-likeness (QED) is 0.504. The van der Waals surface area contributed by atoms with Gasteiger partial charge >= 0.3 is 5.97 Å². The standard InChI is InChI=1S/C15H18N2O3S/c1-4-20-15(18)13-11(8-21-14(13)17-16)10-7-9(2)5-6-12(10)19-3/h5-8,17H,4,16H2,1-3H3. The number of carbonyl (C=O) groups excluding carboxylic acids is 1. The maximum Gasteiger partial charge on any atom is 0.341 e.